The number of benzene rings is 2. The zero-order valence-electron chi connectivity index (χ0n) is 27.4. The number of esters is 1. The van der Waals surface area contributed by atoms with Crippen LogP contribution in [-0.2, 0) is 23.4 Å². The molecule has 2 aliphatic heterocycles. The highest BCUT2D eigenvalue weighted by Crippen LogP contribution is 2.48. The summed E-state index contributed by atoms with van der Waals surface area (Å²) < 4.78 is 45.6. The molecule has 2 aromatic heterocycles. The van der Waals surface area contributed by atoms with Crippen molar-refractivity contribution in [1.82, 2.24) is 24.7 Å². The molecule has 0 spiro atoms. The minimum Gasteiger partial charge on any atom is -0.475 e. The fourth-order valence-corrected chi connectivity index (χ4v) is 7.51. The number of aromatic nitrogens is 4. The molecule has 6 atom stereocenters. The molecule has 2 aliphatic rings. The fourth-order valence-electron chi connectivity index (χ4n) is 6.01. The summed E-state index contributed by atoms with van der Waals surface area (Å²) >= 11 is 0. The van der Waals surface area contributed by atoms with E-state index in [1.54, 1.807) is 12.1 Å². The Morgan fingerprint density at radius 3 is 2.65 bits per heavy atom. The van der Waals surface area contributed by atoms with Gasteiger partial charge in [0, 0.05) is 0 Å². The third-order valence-corrected chi connectivity index (χ3v) is 10.4. The first-order chi connectivity index (χ1) is 22.9. The van der Waals surface area contributed by atoms with Crippen LogP contribution in [-0.4, -0.2) is 78.4 Å². The van der Waals surface area contributed by atoms with Crippen molar-refractivity contribution in [2.45, 2.75) is 95.4 Å². The van der Waals surface area contributed by atoms with E-state index < -0.39 is 55.9 Å². The van der Waals surface area contributed by atoms with Gasteiger partial charge >= 0.3 is 13.7 Å². The van der Waals surface area contributed by atoms with E-state index >= 15 is 0 Å². The lowest BCUT2D eigenvalue weighted by Gasteiger charge is -2.29. The summed E-state index contributed by atoms with van der Waals surface area (Å²) in [5.41, 5.74) is -1.93. The third kappa shape index (κ3) is 7.34. The van der Waals surface area contributed by atoms with Gasteiger partial charge in [0.05, 0.1) is 25.1 Å². The summed E-state index contributed by atoms with van der Waals surface area (Å²) in [6.45, 7) is 6.54. The van der Waals surface area contributed by atoms with Crippen molar-refractivity contribution in [3.05, 3.63) is 60.7 Å². The maximum absolute atomic E-state index is 14.4. The number of nitrogens with one attached hydrogen (secondary N) is 1. The summed E-state index contributed by atoms with van der Waals surface area (Å²) in [6, 6.07) is 11.7. The minimum absolute atomic E-state index is 0.230. The van der Waals surface area contributed by atoms with Crippen molar-refractivity contribution in [3.8, 4) is 11.6 Å². The number of aliphatic hydroxyl groups excluding tert-OH is 1. The minimum atomic E-state index is -4.34. The number of aliphatic hydroxyl groups is 2. The topological polar surface area (TPSA) is 176 Å². The monoisotopic (exact) mass is 683 g/mol. The molecule has 2 aromatic carbocycles. The molecule has 0 amide bonds. The predicted molar refractivity (Wildman–Crippen MR) is 175 cm³/mol. The van der Waals surface area contributed by atoms with E-state index in [-0.39, 0.29) is 11.6 Å². The molecule has 15 heteroatoms. The Balaban J connectivity index is 1.31. The van der Waals surface area contributed by atoms with Crippen molar-refractivity contribution >= 4 is 30.1 Å². The number of fused-ring (bicyclic) bond motifs is 4. The number of carbonyl (C=O) groups excluding carboxylic acids is 1. The van der Waals surface area contributed by atoms with Crippen LogP contribution in [0.5, 0.6) is 11.6 Å². The molecule has 6 bridgehead atoms. The van der Waals surface area contributed by atoms with E-state index in [1.165, 1.54) is 30.9 Å². The SMILES string of the molecule is C[C@H]1NP(=O)(Oc2ccc3ccccc3c2)OC[C@H]2O[C@@H](c3cnc4c(ncnn34)OCCCCCCC(C)(C)OC1=O)[C@](C)(O)[C@@H]2O. The van der Waals surface area contributed by atoms with Gasteiger partial charge in [0.25, 0.3) is 5.88 Å². The zero-order valence-corrected chi connectivity index (χ0v) is 28.3. The molecule has 1 saturated heterocycles. The maximum atomic E-state index is 14.4. The summed E-state index contributed by atoms with van der Waals surface area (Å²) in [5.74, 6) is -0.128. The Morgan fingerprint density at radius 1 is 1.06 bits per heavy atom. The molecule has 3 N–H and O–H groups in total. The molecule has 0 aliphatic carbocycles. The van der Waals surface area contributed by atoms with E-state index in [1.807, 2.05) is 44.2 Å². The summed E-state index contributed by atoms with van der Waals surface area (Å²) in [4.78, 5) is 21.9. The van der Waals surface area contributed by atoms with Gasteiger partial charge in [0.15, 0.2) is 0 Å². The fraction of sp³-hybridized carbons (Fsp3) is 0.515. The first-order valence-corrected chi connectivity index (χ1v) is 17.7. The molecule has 14 nitrogen and oxygen atoms in total. The van der Waals surface area contributed by atoms with Gasteiger partial charge in [0.1, 0.15) is 47.6 Å². The van der Waals surface area contributed by atoms with Crippen LogP contribution < -0.4 is 14.3 Å². The number of hydrogen-bond donors (Lipinski definition) is 3. The molecule has 4 heterocycles. The molecule has 1 unspecified atom stereocenters. The average molecular weight is 684 g/mol. The number of carbonyl (C=O) groups is 1. The van der Waals surface area contributed by atoms with Crippen LogP contribution in [0.2, 0.25) is 0 Å². The number of imidazole rings is 1. The second kappa shape index (κ2) is 13.7. The highest BCUT2D eigenvalue weighted by atomic mass is 31.2. The number of rotatable bonds is 2. The van der Waals surface area contributed by atoms with Crippen LogP contribution in [0.3, 0.4) is 0 Å². The second-order valence-corrected chi connectivity index (χ2v) is 14.8. The van der Waals surface area contributed by atoms with Crippen LogP contribution in [0.15, 0.2) is 55.0 Å². The quantitative estimate of drug-likeness (QED) is 0.196. The molecule has 0 saturated carbocycles. The second-order valence-electron chi connectivity index (χ2n) is 13.1. The van der Waals surface area contributed by atoms with E-state index in [4.69, 9.17) is 23.3 Å². The normalized spacial score (nSPS) is 30.7. The van der Waals surface area contributed by atoms with Crippen molar-refractivity contribution in [2.75, 3.05) is 13.2 Å². The van der Waals surface area contributed by atoms with Gasteiger partial charge in [-0.25, -0.2) is 14.1 Å². The van der Waals surface area contributed by atoms with Gasteiger partial charge in [-0.2, -0.15) is 15.2 Å². The van der Waals surface area contributed by atoms with E-state index in [9.17, 15) is 19.6 Å². The molecule has 258 valence electrons. The molecule has 6 rings (SSSR count). The number of hydrogen-bond acceptors (Lipinski definition) is 12. The van der Waals surface area contributed by atoms with Crippen molar-refractivity contribution < 1.29 is 42.8 Å². The van der Waals surface area contributed by atoms with Crippen molar-refractivity contribution in [1.29, 1.82) is 0 Å². The van der Waals surface area contributed by atoms with Crippen LogP contribution in [0.1, 0.15) is 71.6 Å². The highest BCUT2D eigenvalue weighted by Gasteiger charge is 2.54. The summed E-state index contributed by atoms with van der Waals surface area (Å²) in [7, 11) is -4.34. The Hall–Kier alpha value is -3.65. The molecular weight excluding hydrogens is 641 g/mol. The van der Waals surface area contributed by atoms with Gasteiger partial charge in [0.2, 0.25) is 5.65 Å². The van der Waals surface area contributed by atoms with Gasteiger partial charge in [-0.3, -0.25) is 9.32 Å². The van der Waals surface area contributed by atoms with Crippen molar-refractivity contribution in [3.63, 3.8) is 0 Å². The molecule has 1 fully saturated rings. The maximum Gasteiger partial charge on any atom is 0.459 e. The highest BCUT2D eigenvalue weighted by molar-refractivity contribution is 7.52. The summed E-state index contributed by atoms with van der Waals surface area (Å²) in [6.07, 6.45) is 3.03. The van der Waals surface area contributed by atoms with Crippen LogP contribution >= 0.6 is 7.75 Å². The molecule has 4 aromatic rings. The first kappa shape index (κ1) is 34.2. The van der Waals surface area contributed by atoms with Crippen LogP contribution in [0.25, 0.3) is 16.4 Å². The predicted octanol–water partition coefficient (Wildman–Crippen LogP) is 4.68. The van der Waals surface area contributed by atoms with Gasteiger partial charge in [-0.1, -0.05) is 43.2 Å². The Labute approximate surface area is 278 Å². The molecular formula is C33H42N5O9P. The van der Waals surface area contributed by atoms with E-state index in [0.717, 1.165) is 36.5 Å². The van der Waals surface area contributed by atoms with Crippen molar-refractivity contribution in [2.24, 2.45) is 0 Å². The van der Waals surface area contributed by atoms with Gasteiger partial charge in [-0.15, -0.1) is 0 Å². The van der Waals surface area contributed by atoms with E-state index in [2.05, 4.69) is 20.2 Å². The largest absolute Gasteiger partial charge is 0.475 e. The Bertz CT molecular complexity index is 1810. The lowest BCUT2D eigenvalue weighted by Crippen LogP contribution is -2.44. The zero-order chi connectivity index (χ0) is 34.1. The smallest absolute Gasteiger partial charge is 0.459 e. The Kier molecular flexibility index (Phi) is 9.76. The number of nitrogens with zero attached hydrogens (tertiary/aromatic N) is 4. The average Bonchev–Trinajstić information content (AvgIpc) is 3.56. The summed E-state index contributed by atoms with van der Waals surface area (Å²) in [5, 5.41) is 31.5. The lowest BCUT2D eigenvalue weighted by molar-refractivity contribution is -0.158. The third-order valence-electron chi connectivity index (χ3n) is 8.71. The van der Waals surface area contributed by atoms with Gasteiger partial charge in [-0.05, 0) is 69.9 Å². The number of ether oxygens (including phenoxy) is 3. The van der Waals surface area contributed by atoms with E-state index in [0.29, 0.717) is 24.4 Å². The Morgan fingerprint density at radius 2 is 1.83 bits per heavy atom. The lowest BCUT2D eigenvalue weighted by atomic mass is 9.91. The number of cyclic esters (lactones) is 1. The van der Waals surface area contributed by atoms with Gasteiger partial charge < -0.3 is 28.9 Å². The van der Waals surface area contributed by atoms with Crippen LogP contribution in [0, 0.1) is 0 Å². The van der Waals surface area contributed by atoms with Crippen LogP contribution in [0.4, 0.5) is 0 Å². The standard InChI is InChI=1S/C33H42N5O9P/c1-21-31(40)46-32(2,3)15-9-5-6-10-16-43-30-29-34-18-25(38(29)36-20-35-30)28-33(4,41)27(39)26(45-28)19-44-48(42,37-21)47-24-14-13-22-11-7-8-12-23(22)17-24/h7-8,11-14,17-18,20-21,26-28,39,41H,5-6,9-10,15-16,19H2,1-4H3,(H,37,42)/t21-,26-,27-,28+,33-,48?/m1/s1. The molecule has 48 heavy (non-hydrogen) atoms. The first-order valence-electron chi connectivity index (χ1n) is 16.2. The molecule has 0 radical (unpaired) electrons.